The SMILES string of the molecule is CCC(C)NC(=O)CNC1(C)CCNC1. The van der Waals surface area contributed by atoms with Crippen molar-refractivity contribution in [3.63, 3.8) is 0 Å². The van der Waals surface area contributed by atoms with Crippen LogP contribution in [-0.2, 0) is 4.79 Å². The summed E-state index contributed by atoms with van der Waals surface area (Å²) in [5.41, 5.74) is 0.0901. The lowest BCUT2D eigenvalue weighted by Gasteiger charge is -2.24. The molecule has 0 bridgehead atoms. The molecule has 1 heterocycles. The molecule has 1 rings (SSSR count). The molecule has 0 aromatic rings. The van der Waals surface area contributed by atoms with Crippen molar-refractivity contribution in [2.45, 2.75) is 45.2 Å². The zero-order chi connectivity index (χ0) is 11.3. The van der Waals surface area contributed by atoms with E-state index in [1.165, 1.54) is 0 Å². The zero-order valence-electron chi connectivity index (χ0n) is 10.0. The van der Waals surface area contributed by atoms with Crippen molar-refractivity contribution in [3.8, 4) is 0 Å². The van der Waals surface area contributed by atoms with Crippen molar-refractivity contribution in [1.29, 1.82) is 0 Å². The second-order valence-corrected chi connectivity index (χ2v) is 4.72. The minimum absolute atomic E-state index is 0.0901. The number of hydrogen-bond donors (Lipinski definition) is 3. The summed E-state index contributed by atoms with van der Waals surface area (Å²) < 4.78 is 0. The Bertz CT molecular complexity index is 212. The summed E-state index contributed by atoms with van der Waals surface area (Å²) in [6, 6.07) is 0.272. The van der Waals surface area contributed by atoms with E-state index in [2.05, 4.69) is 29.8 Å². The van der Waals surface area contributed by atoms with Crippen molar-refractivity contribution in [3.05, 3.63) is 0 Å². The van der Waals surface area contributed by atoms with E-state index < -0.39 is 0 Å². The van der Waals surface area contributed by atoms with Crippen LogP contribution in [0.2, 0.25) is 0 Å². The third kappa shape index (κ3) is 4.18. The zero-order valence-corrected chi connectivity index (χ0v) is 10.0. The Morgan fingerprint density at radius 2 is 2.33 bits per heavy atom. The molecule has 2 unspecified atom stereocenters. The van der Waals surface area contributed by atoms with E-state index in [0.29, 0.717) is 6.54 Å². The van der Waals surface area contributed by atoms with Crippen molar-refractivity contribution in [2.75, 3.05) is 19.6 Å². The number of rotatable bonds is 5. The third-order valence-corrected chi connectivity index (χ3v) is 3.06. The van der Waals surface area contributed by atoms with Crippen LogP contribution < -0.4 is 16.0 Å². The van der Waals surface area contributed by atoms with Crippen molar-refractivity contribution < 1.29 is 4.79 Å². The first-order chi connectivity index (χ1) is 7.06. The lowest BCUT2D eigenvalue weighted by molar-refractivity contribution is -0.121. The highest BCUT2D eigenvalue weighted by molar-refractivity contribution is 5.78. The molecular weight excluding hydrogens is 190 g/mol. The molecule has 2 atom stereocenters. The molecule has 0 aromatic carbocycles. The minimum Gasteiger partial charge on any atom is -0.353 e. The summed E-state index contributed by atoms with van der Waals surface area (Å²) >= 11 is 0. The van der Waals surface area contributed by atoms with Crippen LogP contribution in [0.3, 0.4) is 0 Å². The van der Waals surface area contributed by atoms with Crippen LogP contribution in [0.15, 0.2) is 0 Å². The Kier molecular flexibility index (Phi) is 4.54. The Morgan fingerprint density at radius 1 is 1.60 bits per heavy atom. The fourth-order valence-electron chi connectivity index (χ4n) is 1.69. The largest absolute Gasteiger partial charge is 0.353 e. The lowest BCUT2D eigenvalue weighted by Crippen LogP contribution is -2.49. The van der Waals surface area contributed by atoms with Gasteiger partial charge in [-0.3, -0.25) is 4.79 Å². The molecule has 15 heavy (non-hydrogen) atoms. The summed E-state index contributed by atoms with van der Waals surface area (Å²) in [6.45, 7) is 8.66. The molecule has 4 heteroatoms. The van der Waals surface area contributed by atoms with Gasteiger partial charge >= 0.3 is 0 Å². The summed E-state index contributed by atoms with van der Waals surface area (Å²) in [5.74, 6) is 0.0949. The molecule has 0 spiro atoms. The standard InChI is InChI=1S/C11H23N3O/c1-4-9(2)14-10(15)7-13-11(3)5-6-12-8-11/h9,12-13H,4-8H2,1-3H3,(H,14,15). The Hall–Kier alpha value is -0.610. The Labute approximate surface area is 92.2 Å². The first kappa shape index (κ1) is 12.5. The van der Waals surface area contributed by atoms with E-state index in [1.54, 1.807) is 0 Å². The molecule has 1 aliphatic rings. The minimum atomic E-state index is 0.0901. The van der Waals surface area contributed by atoms with E-state index in [0.717, 1.165) is 25.9 Å². The molecule has 3 N–H and O–H groups in total. The normalized spacial score (nSPS) is 27.7. The van der Waals surface area contributed by atoms with Gasteiger partial charge in [0.25, 0.3) is 0 Å². The molecule has 1 saturated heterocycles. The van der Waals surface area contributed by atoms with Gasteiger partial charge < -0.3 is 16.0 Å². The van der Waals surface area contributed by atoms with Crippen LogP contribution in [0.4, 0.5) is 0 Å². The Balaban J connectivity index is 2.21. The van der Waals surface area contributed by atoms with Crippen LogP contribution in [0, 0.1) is 0 Å². The maximum atomic E-state index is 11.5. The van der Waals surface area contributed by atoms with Crippen LogP contribution in [-0.4, -0.2) is 37.1 Å². The van der Waals surface area contributed by atoms with Gasteiger partial charge in [0.1, 0.15) is 0 Å². The highest BCUT2D eigenvalue weighted by Crippen LogP contribution is 2.12. The molecule has 4 nitrogen and oxygen atoms in total. The molecule has 0 aromatic heterocycles. The predicted octanol–water partition coefficient (Wildman–Crippen LogP) is 0.243. The molecule has 88 valence electrons. The summed E-state index contributed by atoms with van der Waals surface area (Å²) in [7, 11) is 0. The van der Waals surface area contributed by atoms with E-state index in [4.69, 9.17) is 0 Å². The molecule has 0 radical (unpaired) electrons. The summed E-state index contributed by atoms with van der Waals surface area (Å²) in [5, 5.41) is 9.56. The number of hydrogen-bond acceptors (Lipinski definition) is 3. The fraction of sp³-hybridized carbons (Fsp3) is 0.909. The van der Waals surface area contributed by atoms with E-state index in [9.17, 15) is 4.79 Å². The molecule has 0 saturated carbocycles. The van der Waals surface area contributed by atoms with Gasteiger partial charge in [-0.05, 0) is 33.2 Å². The van der Waals surface area contributed by atoms with Crippen LogP contribution >= 0.6 is 0 Å². The van der Waals surface area contributed by atoms with E-state index in [1.807, 2.05) is 6.92 Å². The average molecular weight is 213 g/mol. The fourth-order valence-corrected chi connectivity index (χ4v) is 1.69. The smallest absolute Gasteiger partial charge is 0.234 e. The Morgan fingerprint density at radius 3 is 2.87 bits per heavy atom. The average Bonchev–Trinajstić information content (AvgIpc) is 2.63. The monoisotopic (exact) mass is 213 g/mol. The number of nitrogens with one attached hydrogen (secondary N) is 3. The highest BCUT2D eigenvalue weighted by Gasteiger charge is 2.28. The van der Waals surface area contributed by atoms with Gasteiger partial charge in [-0.2, -0.15) is 0 Å². The van der Waals surface area contributed by atoms with E-state index >= 15 is 0 Å². The predicted molar refractivity (Wildman–Crippen MR) is 61.8 cm³/mol. The van der Waals surface area contributed by atoms with Gasteiger partial charge in [-0.15, -0.1) is 0 Å². The van der Waals surface area contributed by atoms with Gasteiger partial charge in [0.2, 0.25) is 5.91 Å². The van der Waals surface area contributed by atoms with Gasteiger partial charge in [0.05, 0.1) is 6.54 Å². The molecule has 1 fully saturated rings. The molecule has 0 aliphatic carbocycles. The number of carbonyl (C=O) groups is 1. The van der Waals surface area contributed by atoms with Gasteiger partial charge in [0.15, 0.2) is 0 Å². The van der Waals surface area contributed by atoms with Gasteiger partial charge in [-0.25, -0.2) is 0 Å². The van der Waals surface area contributed by atoms with Crippen molar-refractivity contribution >= 4 is 5.91 Å². The maximum absolute atomic E-state index is 11.5. The van der Waals surface area contributed by atoms with Crippen LogP contribution in [0.1, 0.15) is 33.6 Å². The quantitative estimate of drug-likeness (QED) is 0.613. The first-order valence-electron chi connectivity index (χ1n) is 5.81. The van der Waals surface area contributed by atoms with Crippen LogP contribution in [0.25, 0.3) is 0 Å². The second-order valence-electron chi connectivity index (χ2n) is 4.72. The van der Waals surface area contributed by atoms with E-state index in [-0.39, 0.29) is 17.5 Å². The maximum Gasteiger partial charge on any atom is 0.234 e. The topological polar surface area (TPSA) is 53.2 Å². The third-order valence-electron chi connectivity index (χ3n) is 3.06. The van der Waals surface area contributed by atoms with Gasteiger partial charge in [-0.1, -0.05) is 6.92 Å². The number of amides is 1. The van der Waals surface area contributed by atoms with Crippen molar-refractivity contribution in [2.24, 2.45) is 0 Å². The van der Waals surface area contributed by atoms with Crippen LogP contribution in [0.5, 0.6) is 0 Å². The van der Waals surface area contributed by atoms with Crippen molar-refractivity contribution in [1.82, 2.24) is 16.0 Å². The first-order valence-corrected chi connectivity index (χ1v) is 5.81. The molecule has 1 aliphatic heterocycles. The van der Waals surface area contributed by atoms with Gasteiger partial charge in [0, 0.05) is 18.1 Å². The second kappa shape index (κ2) is 5.47. The molecule has 1 amide bonds. The molecular formula is C11H23N3O. The summed E-state index contributed by atoms with van der Waals surface area (Å²) in [4.78, 5) is 11.5. The highest BCUT2D eigenvalue weighted by atomic mass is 16.1. The number of carbonyl (C=O) groups excluding carboxylic acids is 1. The lowest BCUT2D eigenvalue weighted by atomic mass is 10.0. The summed E-state index contributed by atoms with van der Waals surface area (Å²) in [6.07, 6.45) is 2.06.